The fourth-order valence-corrected chi connectivity index (χ4v) is 3.58. The Morgan fingerprint density at radius 1 is 1.21 bits per heavy atom. The van der Waals surface area contributed by atoms with Gasteiger partial charge >= 0.3 is 6.03 Å². The standard InChI is InChI=1S/C21H25N5O2/c1-22-16-10-12-25(14-16)18-8-5-9-19-20(18)24-15-26(19)21(27)23-11-13-28-17-6-3-2-4-7-17/h2-9,15-16,22H,10-14H2,1H3,(H,23,27). The van der Waals surface area contributed by atoms with E-state index in [4.69, 9.17) is 4.74 Å². The van der Waals surface area contributed by atoms with Crippen LogP contribution in [0.2, 0.25) is 0 Å². The fourth-order valence-electron chi connectivity index (χ4n) is 3.58. The van der Waals surface area contributed by atoms with Crippen LogP contribution in [0, 0.1) is 0 Å². The number of ether oxygens (including phenoxy) is 1. The lowest BCUT2D eigenvalue weighted by Crippen LogP contribution is -2.31. The van der Waals surface area contributed by atoms with Crippen LogP contribution in [0.5, 0.6) is 5.75 Å². The van der Waals surface area contributed by atoms with E-state index in [1.54, 1.807) is 10.9 Å². The molecule has 1 fully saturated rings. The Bertz CT molecular complexity index is 940. The van der Waals surface area contributed by atoms with E-state index in [9.17, 15) is 4.79 Å². The highest BCUT2D eigenvalue weighted by Crippen LogP contribution is 2.28. The quantitative estimate of drug-likeness (QED) is 0.644. The van der Waals surface area contributed by atoms with Crippen molar-refractivity contribution >= 4 is 22.8 Å². The Morgan fingerprint density at radius 2 is 2.07 bits per heavy atom. The summed E-state index contributed by atoms with van der Waals surface area (Å²) < 4.78 is 7.18. The Hall–Kier alpha value is -3.06. The number of carbonyl (C=O) groups is 1. The molecule has 0 saturated carbocycles. The molecule has 1 aliphatic heterocycles. The predicted octanol–water partition coefficient (Wildman–Crippen LogP) is 2.47. The van der Waals surface area contributed by atoms with Crippen molar-refractivity contribution in [3.8, 4) is 5.75 Å². The number of para-hydroxylation sites is 2. The Kier molecular flexibility index (Phi) is 5.43. The molecule has 2 heterocycles. The van der Waals surface area contributed by atoms with E-state index in [-0.39, 0.29) is 6.03 Å². The number of hydrogen-bond acceptors (Lipinski definition) is 5. The van der Waals surface area contributed by atoms with Crippen molar-refractivity contribution in [2.24, 2.45) is 0 Å². The maximum Gasteiger partial charge on any atom is 0.327 e. The Labute approximate surface area is 164 Å². The van der Waals surface area contributed by atoms with Crippen LogP contribution in [-0.2, 0) is 0 Å². The van der Waals surface area contributed by atoms with Gasteiger partial charge in [-0.2, -0.15) is 0 Å². The first-order valence-corrected chi connectivity index (χ1v) is 9.60. The van der Waals surface area contributed by atoms with Gasteiger partial charge in [-0.3, -0.25) is 4.57 Å². The van der Waals surface area contributed by atoms with Crippen molar-refractivity contribution in [3.05, 3.63) is 54.9 Å². The number of benzene rings is 2. The second-order valence-corrected chi connectivity index (χ2v) is 6.87. The molecule has 2 aromatic carbocycles. The van der Waals surface area contributed by atoms with E-state index in [0.29, 0.717) is 19.2 Å². The van der Waals surface area contributed by atoms with Crippen LogP contribution in [0.1, 0.15) is 6.42 Å². The minimum absolute atomic E-state index is 0.203. The summed E-state index contributed by atoms with van der Waals surface area (Å²) in [5, 5.41) is 6.22. The number of amides is 1. The van der Waals surface area contributed by atoms with Gasteiger partial charge in [0, 0.05) is 19.1 Å². The van der Waals surface area contributed by atoms with Crippen molar-refractivity contribution in [2.75, 3.05) is 38.2 Å². The number of rotatable bonds is 6. The maximum absolute atomic E-state index is 12.6. The number of nitrogens with one attached hydrogen (secondary N) is 2. The van der Waals surface area contributed by atoms with Crippen LogP contribution in [0.3, 0.4) is 0 Å². The minimum atomic E-state index is -0.203. The van der Waals surface area contributed by atoms with Crippen LogP contribution in [0.4, 0.5) is 10.5 Å². The minimum Gasteiger partial charge on any atom is -0.492 e. The van der Waals surface area contributed by atoms with Gasteiger partial charge in [-0.15, -0.1) is 0 Å². The van der Waals surface area contributed by atoms with E-state index < -0.39 is 0 Å². The zero-order valence-electron chi connectivity index (χ0n) is 16.0. The molecule has 7 nitrogen and oxygen atoms in total. The van der Waals surface area contributed by atoms with Crippen molar-refractivity contribution in [2.45, 2.75) is 12.5 Å². The summed E-state index contributed by atoms with van der Waals surface area (Å²) in [5.74, 6) is 0.792. The molecule has 2 N–H and O–H groups in total. The molecule has 1 amide bonds. The zero-order chi connectivity index (χ0) is 19.3. The highest BCUT2D eigenvalue weighted by Gasteiger charge is 2.24. The average Bonchev–Trinajstić information content (AvgIpc) is 3.38. The first-order valence-electron chi connectivity index (χ1n) is 9.60. The molecule has 1 unspecified atom stereocenters. The van der Waals surface area contributed by atoms with Gasteiger partial charge in [-0.05, 0) is 37.7 Å². The van der Waals surface area contributed by atoms with Crippen molar-refractivity contribution in [1.29, 1.82) is 0 Å². The van der Waals surface area contributed by atoms with Gasteiger partial charge in [0.25, 0.3) is 0 Å². The molecule has 146 valence electrons. The number of likely N-dealkylation sites (N-methyl/N-ethyl adjacent to an activating group) is 1. The molecule has 0 bridgehead atoms. The average molecular weight is 379 g/mol. The smallest absolute Gasteiger partial charge is 0.327 e. The molecule has 0 aliphatic carbocycles. The summed E-state index contributed by atoms with van der Waals surface area (Å²) in [6.07, 6.45) is 2.70. The lowest BCUT2D eigenvalue weighted by atomic mass is 10.2. The van der Waals surface area contributed by atoms with Crippen LogP contribution in [-0.4, -0.2) is 54.9 Å². The first kappa shape index (κ1) is 18.3. The van der Waals surface area contributed by atoms with Gasteiger partial charge in [-0.1, -0.05) is 24.3 Å². The number of aromatic nitrogens is 2. The molecular weight excluding hydrogens is 354 g/mol. The third-order valence-corrected chi connectivity index (χ3v) is 5.10. The summed E-state index contributed by atoms with van der Waals surface area (Å²) in [7, 11) is 2.00. The predicted molar refractivity (Wildman–Crippen MR) is 110 cm³/mol. The molecule has 1 saturated heterocycles. The summed E-state index contributed by atoms with van der Waals surface area (Å²) >= 11 is 0. The summed E-state index contributed by atoms with van der Waals surface area (Å²) in [6, 6.07) is 15.8. The van der Waals surface area contributed by atoms with Crippen LogP contribution in [0.15, 0.2) is 54.9 Å². The largest absolute Gasteiger partial charge is 0.492 e. The molecule has 1 aromatic heterocycles. The molecule has 28 heavy (non-hydrogen) atoms. The van der Waals surface area contributed by atoms with Gasteiger partial charge in [0.1, 0.15) is 24.2 Å². The normalized spacial score (nSPS) is 16.5. The number of nitrogens with zero attached hydrogens (tertiary/aromatic N) is 3. The van der Waals surface area contributed by atoms with E-state index in [1.165, 1.54) is 0 Å². The van der Waals surface area contributed by atoms with Crippen LogP contribution >= 0.6 is 0 Å². The highest BCUT2D eigenvalue weighted by atomic mass is 16.5. The second-order valence-electron chi connectivity index (χ2n) is 6.87. The van der Waals surface area contributed by atoms with E-state index in [2.05, 4.69) is 26.6 Å². The third-order valence-electron chi connectivity index (χ3n) is 5.10. The maximum atomic E-state index is 12.6. The summed E-state index contributed by atoms with van der Waals surface area (Å²) in [5.41, 5.74) is 2.75. The lowest BCUT2D eigenvalue weighted by Gasteiger charge is -2.19. The van der Waals surface area contributed by atoms with Gasteiger partial charge in [0.05, 0.1) is 17.7 Å². The summed E-state index contributed by atoms with van der Waals surface area (Å²) in [6.45, 7) is 2.77. The van der Waals surface area contributed by atoms with Gasteiger partial charge in [0.15, 0.2) is 0 Å². The third kappa shape index (κ3) is 3.80. The second kappa shape index (κ2) is 8.31. The molecular formula is C21H25N5O2. The lowest BCUT2D eigenvalue weighted by molar-refractivity contribution is 0.238. The molecule has 4 rings (SSSR count). The molecule has 3 aromatic rings. The van der Waals surface area contributed by atoms with Gasteiger partial charge < -0.3 is 20.3 Å². The number of fused-ring (bicyclic) bond motifs is 1. The molecule has 1 atom stereocenters. The molecule has 0 radical (unpaired) electrons. The van der Waals surface area contributed by atoms with E-state index in [1.807, 2.05) is 49.5 Å². The van der Waals surface area contributed by atoms with Crippen LogP contribution in [0.25, 0.3) is 11.0 Å². The number of anilines is 1. The molecule has 1 aliphatic rings. The topological polar surface area (TPSA) is 71.4 Å². The fraction of sp³-hybridized carbons (Fsp3) is 0.333. The SMILES string of the molecule is CNC1CCN(c2cccc3c2ncn3C(=O)NCCOc2ccccc2)C1. The van der Waals surface area contributed by atoms with Crippen molar-refractivity contribution < 1.29 is 9.53 Å². The van der Waals surface area contributed by atoms with Gasteiger partial charge in [-0.25, -0.2) is 9.78 Å². The monoisotopic (exact) mass is 379 g/mol. The first-order chi connectivity index (χ1) is 13.8. The van der Waals surface area contributed by atoms with E-state index >= 15 is 0 Å². The molecule has 0 spiro atoms. The Balaban J connectivity index is 1.41. The van der Waals surface area contributed by atoms with Crippen LogP contribution < -0.4 is 20.3 Å². The zero-order valence-corrected chi connectivity index (χ0v) is 16.0. The van der Waals surface area contributed by atoms with Crippen molar-refractivity contribution in [1.82, 2.24) is 20.2 Å². The Morgan fingerprint density at radius 3 is 2.86 bits per heavy atom. The van der Waals surface area contributed by atoms with Gasteiger partial charge in [0.2, 0.25) is 0 Å². The number of carbonyl (C=O) groups excluding carboxylic acids is 1. The van der Waals surface area contributed by atoms with Crippen molar-refractivity contribution in [3.63, 3.8) is 0 Å². The summed E-state index contributed by atoms with van der Waals surface area (Å²) in [4.78, 5) is 19.4. The number of imidazole rings is 1. The van der Waals surface area contributed by atoms with E-state index in [0.717, 1.165) is 42.0 Å². The highest BCUT2D eigenvalue weighted by molar-refractivity contribution is 5.95. The molecule has 7 heteroatoms. The number of hydrogen-bond donors (Lipinski definition) is 2.